The summed E-state index contributed by atoms with van der Waals surface area (Å²) >= 11 is 0. The molecule has 24 heavy (non-hydrogen) atoms. The average Bonchev–Trinajstić information content (AvgIpc) is 2.91. The van der Waals surface area contributed by atoms with Crippen molar-refractivity contribution in [1.82, 2.24) is 9.38 Å². The molecule has 3 rings (SSSR count). The molecule has 0 saturated carbocycles. The van der Waals surface area contributed by atoms with Crippen molar-refractivity contribution in [2.75, 3.05) is 0 Å². The number of halogens is 3. The molecule has 1 aromatic carbocycles. The van der Waals surface area contributed by atoms with Crippen molar-refractivity contribution >= 4 is 17.2 Å². The highest BCUT2D eigenvalue weighted by molar-refractivity contribution is 5.54. The maximum Gasteiger partial charge on any atom is 0.417 e. The van der Waals surface area contributed by atoms with E-state index in [9.17, 15) is 13.2 Å². The second kappa shape index (κ2) is 6.07. The van der Waals surface area contributed by atoms with Crippen LogP contribution in [0.5, 0.6) is 0 Å². The molecular formula is C17H15F3N4. The second-order valence-corrected chi connectivity index (χ2v) is 5.65. The Balaban J connectivity index is 2.15. The van der Waals surface area contributed by atoms with E-state index in [1.165, 1.54) is 10.5 Å². The molecule has 2 aromatic heterocycles. The minimum atomic E-state index is -4.43. The van der Waals surface area contributed by atoms with E-state index in [-0.39, 0.29) is 5.92 Å². The van der Waals surface area contributed by atoms with Crippen LogP contribution in [0.1, 0.15) is 31.0 Å². The predicted octanol–water partition coefficient (Wildman–Crippen LogP) is 5.89. The smallest absolute Gasteiger partial charge is 0.282 e. The van der Waals surface area contributed by atoms with Crippen LogP contribution in [0.2, 0.25) is 0 Å². The minimum absolute atomic E-state index is 0.00367. The molecule has 0 unspecified atom stereocenters. The molecule has 0 aliphatic rings. The largest absolute Gasteiger partial charge is 0.417 e. The number of benzene rings is 1. The van der Waals surface area contributed by atoms with Crippen molar-refractivity contribution < 1.29 is 13.2 Å². The van der Waals surface area contributed by atoms with Crippen LogP contribution in [0.3, 0.4) is 0 Å². The maximum absolute atomic E-state index is 13.0. The fourth-order valence-corrected chi connectivity index (χ4v) is 2.30. The Hall–Kier alpha value is -2.70. The van der Waals surface area contributed by atoms with Gasteiger partial charge in [-0.2, -0.15) is 13.2 Å². The van der Waals surface area contributed by atoms with Gasteiger partial charge in [-0.25, -0.2) is 4.98 Å². The first kappa shape index (κ1) is 16.2. The Labute approximate surface area is 136 Å². The Kier molecular flexibility index (Phi) is 4.09. The van der Waals surface area contributed by atoms with E-state index in [0.717, 1.165) is 12.3 Å². The third-order valence-electron chi connectivity index (χ3n) is 3.51. The highest BCUT2D eigenvalue weighted by atomic mass is 19.4. The van der Waals surface area contributed by atoms with Gasteiger partial charge in [0.05, 0.1) is 16.9 Å². The first-order valence-electron chi connectivity index (χ1n) is 7.42. The van der Waals surface area contributed by atoms with Gasteiger partial charge in [-0.1, -0.05) is 32.0 Å². The molecule has 3 aromatic rings. The van der Waals surface area contributed by atoms with Gasteiger partial charge in [-0.05, 0) is 30.2 Å². The van der Waals surface area contributed by atoms with Gasteiger partial charge in [0.1, 0.15) is 5.65 Å². The maximum atomic E-state index is 13.0. The molecule has 0 fully saturated rings. The van der Waals surface area contributed by atoms with Crippen LogP contribution in [0.15, 0.2) is 58.9 Å². The summed E-state index contributed by atoms with van der Waals surface area (Å²) in [6, 6.07) is 11.4. The SMILES string of the molecule is CC(C)c1nc2ccc(C(F)(F)F)cn2c1N=Nc1ccccc1. The molecule has 4 nitrogen and oxygen atoms in total. The van der Waals surface area contributed by atoms with Crippen molar-refractivity contribution in [3.05, 3.63) is 59.9 Å². The van der Waals surface area contributed by atoms with E-state index in [2.05, 4.69) is 15.2 Å². The molecule has 0 spiro atoms. The number of hydrogen-bond donors (Lipinski definition) is 0. The number of imidazole rings is 1. The zero-order valence-electron chi connectivity index (χ0n) is 13.1. The number of pyridine rings is 1. The van der Waals surface area contributed by atoms with Gasteiger partial charge < -0.3 is 0 Å². The van der Waals surface area contributed by atoms with Gasteiger partial charge in [0.2, 0.25) is 0 Å². The summed E-state index contributed by atoms with van der Waals surface area (Å²) in [6.45, 7) is 3.82. The molecular weight excluding hydrogens is 317 g/mol. The number of alkyl halides is 3. The normalized spacial score (nSPS) is 12.6. The lowest BCUT2D eigenvalue weighted by atomic mass is 10.1. The van der Waals surface area contributed by atoms with Crippen LogP contribution in [0.4, 0.5) is 24.7 Å². The quantitative estimate of drug-likeness (QED) is 0.551. The summed E-state index contributed by atoms with van der Waals surface area (Å²) in [5.74, 6) is 0.318. The van der Waals surface area contributed by atoms with Crippen molar-refractivity contribution in [3.8, 4) is 0 Å². The summed E-state index contributed by atoms with van der Waals surface area (Å²) in [4.78, 5) is 4.39. The first-order valence-corrected chi connectivity index (χ1v) is 7.42. The Bertz CT molecular complexity index is 880. The number of aromatic nitrogens is 2. The zero-order chi connectivity index (χ0) is 17.3. The van der Waals surface area contributed by atoms with Crippen LogP contribution >= 0.6 is 0 Å². The summed E-state index contributed by atoms with van der Waals surface area (Å²) in [5.41, 5.74) is 0.885. The summed E-state index contributed by atoms with van der Waals surface area (Å²) in [5, 5.41) is 8.28. The minimum Gasteiger partial charge on any atom is -0.282 e. The van der Waals surface area contributed by atoms with Crippen LogP contribution in [0, 0.1) is 0 Å². The van der Waals surface area contributed by atoms with E-state index < -0.39 is 11.7 Å². The standard InChI is InChI=1S/C17H15F3N4/c1-11(2)15-16(23-22-13-6-4-3-5-7-13)24-10-12(17(18,19)20)8-9-14(24)21-15/h3-11H,1-2H3. The summed E-state index contributed by atoms with van der Waals surface area (Å²) < 4.78 is 40.3. The van der Waals surface area contributed by atoms with E-state index in [4.69, 9.17) is 0 Å². The molecule has 0 saturated heterocycles. The van der Waals surface area contributed by atoms with Gasteiger partial charge in [-0.15, -0.1) is 10.2 Å². The Morgan fingerprint density at radius 1 is 1.00 bits per heavy atom. The van der Waals surface area contributed by atoms with Crippen LogP contribution in [-0.2, 0) is 6.18 Å². The molecule has 0 radical (unpaired) electrons. The molecule has 0 N–H and O–H groups in total. The van der Waals surface area contributed by atoms with Crippen molar-refractivity contribution in [2.45, 2.75) is 25.9 Å². The lowest BCUT2D eigenvalue weighted by molar-refractivity contribution is -0.137. The number of rotatable bonds is 3. The second-order valence-electron chi connectivity index (χ2n) is 5.65. The highest BCUT2D eigenvalue weighted by Gasteiger charge is 2.31. The lowest BCUT2D eigenvalue weighted by Gasteiger charge is -2.07. The van der Waals surface area contributed by atoms with E-state index in [0.29, 0.717) is 22.8 Å². The fraction of sp³-hybridized carbons (Fsp3) is 0.235. The zero-order valence-corrected chi connectivity index (χ0v) is 13.1. The molecule has 0 amide bonds. The van der Waals surface area contributed by atoms with E-state index in [1.807, 2.05) is 32.0 Å². The third kappa shape index (κ3) is 3.15. The Morgan fingerprint density at radius 2 is 1.71 bits per heavy atom. The molecule has 0 atom stereocenters. The molecule has 7 heteroatoms. The molecule has 0 bridgehead atoms. The number of azo groups is 1. The monoisotopic (exact) mass is 332 g/mol. The molecule has 2 heterocycles. The molecule has 124 valence electrons. The van der Waals surface area contributed by atoms with Crippen LogP contribution in [-0.4, -0.2) is 9.38 Å². The van der Waals surface area contributed by atoms with E-state index in [1.54, 1.807) is 12.1 Å². The average molecular weight is 332 g/mol. The van der Waals surface area contributed by atoms with Crippen molar-refractivity contribution in [1.29, 1.82) is 0 Å². The van der Waals surface area contributed by atoms with Crippen molar-refractivity contribution in [3.63, 3.8) is 0 Å². The number of fused-ring (bicyclic) bond motifs is 1. The number of hydrogen-bond acceptors (Lipinski definition) is 3. The Morgan fingerprint density at radius 3 is 2.33 bits per heavy atom. The summed E-state index contributed by atoms with van der Waals surface area (Å²) in [6.07, 6.45) is -3.42. The topological polar surface area (TPSA) is 42.0 Å². The highest BCUT2D eigenvalue weighted by Crippen LogP contribution is 2.33. The third-order valence-corrected chi connectivity index (χ3v) is 3.51. The van der Waals surface area contributed by atoms with Crippen LogP contribution in [0.25, 0.3) is 5.65 Å². The lowest BCUT2D eigenvalue weighted by Crippen LogP contribution is -2.06. The fourth-order valence-electron chi connectivity index (χ4n) is 2.30. The number of nitrogens with zero attached hydrogens (tertiary/aromatic N) is 4. The van der Waals surface area contributed by atoms with Gasteiger partial charge in [0, 0.05) is 6.20 Å². The van der Waals surface area contributed by atoms with Gasteiger partial charge >= 0.3 is 6.18 Å². The first-order chi connectivity index (χ1) is 11.4. The van der Waals surface area contributed by atoms with Gasteiger partial charge in [-0.3, -0.25) is 4.40 Å². The predicted molar refractivity (Wildman–Crippen MR) is 84.9 cm³/mol. The van der Waals surface area contributed by atoms with Gasteiger partial charge in [0.15, 0.2) is 5.82 Å². The van der Waals surface area contributed by atoms with Gasteiger partial charge in [0.25, 0.3) is 0 Å². The van der Waals surface area contributed by atoms with Crippen LogP contribution < -0.4 is 0 Å². The molecule has 0 aliphatic heterocycles. The molecule has 0 aliphatic carbocycles. The van der Waals surface area contributed by atoms with Crippen molar-refractivity contribution in [2.24, 2.45) is 10.2 Å². The summed E-state index contributed by atoms with van der Waals surface area (Å²) in [7, 11) is 0. The van der Waals surface area contributed by atoms with E-state index >= 15 is 0 Å².